The Morgan fingerprint density at radius 3 is 2.33 bits per heavy atom. The van der Waals surface area contributed by atoms with Crippen LogP contribution in [0.4, 0.5) is 0 Å². The molecule has 0 saturated carbocycles. The van der Waals surface area contributed by atoms with Crippen molar-refractivity contribution in [1.82, 2.24) is 0 Å². The first-order chi connectivity index (χ1) is 7.26. The molecule has 0 aliphatic rings. The Hall–Kier alpha value is -0.140. The van der Waals surface area contributed by atoms with Gasteiger partial charge in [0.1, 0.15) is 0 Å². The lowest BCUT2D eigenvalue weighted by atomic mass is 10.1. The zero-order chi connectivity index (χ0) is 11.1. The van der Waals surface area contributed by atoms with Crippen LogP contribution >= 0.6 is 23.4 Å². The third-order valence-corrected chi connectivity index (χ3v) is 4.23. The predicted octanol–water partition coefficient (Wildman–Crippen LogP) is 4.36. The highest BCUT2D eigenvalue weighted by atomic mass is 35.5. The van der Waals surface area contributed by atoms with E-state index >= 15 is 0 Å². The Balaban J connectivity index is 2.31. The summed E-state index contributed by atoms with van der Waals surface area (Å²) >= 11 is 7.73. The van der Waals surface area contributed by atoms with Gasteiger partial charge in [-0.05, 0) is 29.2 Å². The van der Waals surface area contributed by atoms with Gasteiger partial charge in [-0.3, -0.25) is 0 Å². The fraction of sp³-hybridized carbons (Fsp3) is 0.538. The minimum absolute atomic E-state index is 0.617. The third-order valence-electron chi connectivity index (χ3n) is 2.37. The minimum Gasteiger partial charge on any atom is -0.157 e. The number of hydrogen-bond acceptors (Lipinski definition) is 1. The molecular formula is C13H19ClS. The molecular weight excluding hydrogens is 224 g/mol. The maximum Gasteiger partial charge on any atom is 0.0257 e. The highest BCUT2D eigenvalue weighted by molar-refractivity contribution is 7.98. The molecule has 0 fully saturated rings. The molecule has 0 radical (unpaired) electrons. The Labute approximate surface area is 102 Å². The number of benzene rings is 1. The van der Waals surface area contributed by atoms with Crippen molar-refractivity contribution in [1.29, 1.82) is 0 Å². The van der Waals surface area contributed by atoms with Crippen molar-refractivity contribution in [3.8, 4) is 0 Å². The van der Waals surface area contributed by atoms with Crippen LogP contribution < -0.4 is 0 Å². The first-order valence-corrected chi connectivity index (χ1v) is 7.16. The van der Waals surface area contributed by atoms with E-state index in [0.29, 0.717) is 5.92 Å². The van der Waals surface area contributed by atoms with Crippen LogP contribution in [0.1, 0.15) is 25.0 Å². The molecule has 1 aromatic carbocycles. The van der Waals surface area contributed by atoms with Gasteiger partial charge in [0, 0.05) is 11.6 Å². The summed E-state index contributed by atoms with van der Waals surface area (Å²) in [6.07, 6.45) is 1.12. The molecule has 0 bridgehead atoms. The molecule has 1 unspecified atom stereocenters. The summed E-state index contributed by atoms with van der Waals surface area (Å²) in [4.78, 5) is 0. The van der Waals surface area contributed by atoms with E-state index in [1.807, 2.05) is 11.8 Å². The highest BCUT2D eigenvalue weighted by Gasteiger charge is 2.00. The first-order valence-electron chi connectivity index (χ1n) is 5.47. The Morgan fingerprint density at radius 1 is 1.20 bits per heavy atom. The van der Waals surface area contributed by atoms with Gasteiger partial charge in [-0.2, -0.15) is 11.8 Å². The lowest BCUT2D eigenvalue weighted by Gasteiger charge is -2.07. The van der Waals surface area contributed by atoms with Crippen molar-refractivity contribution in [3.63, 3.8) is 0 Å². The standard InChI is InChI=1S/C13H19ClS/c1-3-12-4-6-13(7-5-12)10-15-9-11(2)8-14/h4-7,11H,3,8-10H2,1-2H3. The molecule has 84 valence electrons. The molecule has 15 heavy (non-hydrogen) atoms. The molecule has 0 aliphatic carbocycles. The zero-order valence-corrected chi connectivity index (χ0v) is 11.1. The highest BCUT2D eigenvalue weighted by Crippen LogP contribution is 2.16. The van der Waals surface area contributed by atoms with E-state index in [1.165, 1.54) is 11.1 Å². The summed E-state index contributed by atoms with van der Waals surface area (Å²) < 4.78 is 0. The maximum absolute atomic E-state index is 5.76. The number of halogens is 1. The second-order valence-corrected chi connectivity index (χ2v) is 5.28. The van der Waals surface area contributed by atoms with Gasteiger partial charge in [0.25, 0.3) is 0 Å². The minimum atomic E-state index is 0.617. The molecule has 0 amide bonds. The number of rotatable bonds is 6. The summed E-state index contributed by atoms with van der Waals surface area (Å²) in [6.45, 7) is 4.38. The van der Waals surface area contributed by atoms with Crippen molar-refractivity contribution in [3.05, 3.63) is 35.4 Å². The first kappa shape index (κ1) is 12.9. The van der Waals surface area contributed by atoms with Gasteiger partial charge < -0.3 is 0 Å². The Morgan fingerprint density at radius 2 is 1.80 bits per heavy atom. The summed E-state index contributed by atoms with van der Waals surface area (Å²) in [5, 5.41) is 0. The largest absolute Gasteiger partial charge is 0.157 e. The fourth-order valence-electron chi connectivity index (χ4n) is 1.29. The second kappa shape index (κ2) is 7.19. The van der Waals surface area contributed by atoms with Gasteiger partial charge in [0.15, 0.2) is 0 Å². The van der Waals surface area contributed by atoms with Gasteiger partial charge in [-0.15, -0.1) is 11.6 Å². The van der Waals surface area contributed by atoms with E-state index in [4.69, 9.17) is 11.6 Å². The molecule has 0 nitrogen and oxygen atoms in total. The van der Waals surface area contributed by atoms with Gasteiger partial charge in [-0.1, -0.05) is 38.1 Å². The normalized spacial score (nSPS) is 12.7. The van der Waals surface area contributed by atoms with Crippen LogP contribution in [0.2, 0.25) is 0 Å². The molecule has 1 rings (SSSR count). The summed E-state index contributed by atoms with van der Waals surface area (Å²) in [6, 6.07) is 8.91. The molecule has 0 heterocycles. The van der Waals surface area contributed by atoms with Crippen LogP contribution in [-0.2, 0) is 12.2 Å². The van der Waals surface area contributed by atoms with Crippen LogP contribution in [0.5, 0.6) is 0 Å². The van der Waals surface area contributed by atoms with Crippen molar-refractivity contribution in [2.75, 3.05) is 11.6 Å². The average Bonchev–Trinajstić information content (AvgIpc) is 2.29. The molecule has 1 atom stereocenters. The maximum atomic E-state index is 5.76. The van der Waals surface area contributed by atoms with Crippen LogP contribution in [0, 0.1) is 5.92 Å². The van der Waals surface area contributed by atoms with Crippen LogP contribution in [0.15, 0.2) is 24.3 Å². The monoisotopic (exact) mass is 242 g/mol. The van der Waals surface area contributed by atoms with E-state index in [2.05, 4.69) is 38.1 Å². The second-order valence-electron chi connectivity index (χ2n) is 3.94. The molecule has 0 N–H and O–H groups in total. The number of aryl methyl sites for hydroxylation is 1. The number of alkyl halides is 1. The summed E-state index contributed by atoms with van der Waals surface area (Å²) in [5.74, 6) is 3.64. The van der Waals surface area contributed by atoms with Crippen LogP contribution in [-0.4, -0.2) is 11.6 Å². The molecule has 0 aromatic heterocycles. The number of hydrogen-bond donors (Lipinski definition) is 0. The SMILES string of the molecule is CCc1ccc(CSCC(C)CCl)cc1. The quantitative estimate of drug-likeness (QED) is 0.668. The third kappa shape index (κ3) is 4.94. The van der Waals surface area contributed by atoms with E-state index in [0.717, 1.165) is 23.8 Å². The van der Waals surface area contributed by atoms with E-state index in [-0.39, 0.29) is 0 Å². The molecule has 0 saturated heterocycles. The van der Waals surface area contributed by atoms with Gasteiger partial charge in [-0.25, -0.2) is 0 Å². The van der Waals surface area contributed by atoms with Crippen molar-refractivity contribution < 1.29 is 0 Å². The smallest absolute Gasteiger partial charge is 0.0257 e. The van der Waals surface area contributed by atoms with Crippen molar-refractivity contribution in [2.45, 2.75) is 26.0 Å². The molecule has 0 aliphatic heterocycles. The molecule has 0 spiro atoms. The van der Waals surface area contributed by atoms with Gasteiger partial charge >= 0.3 is 0 Å². The Bertz CT molecular complexity index is 268. The molecule has 1 aromatic rings. The topological polar surface area (TPSA) is 0 Å². The van der Waals surface area contributed by atoms with Crippen LogP contribution in [0.25, 0.3) is 0 Å². The summed E-state index contributed by atoms with van der Waals surface area (Å²) in [5.41, 5.74) is 2.83. The van der Waals surface area contributed by atoms with E-state index in [1.54, 1.807) is 0 Å². The lowest BCUT2D eigenvalue weighted by Crippen LogP contribution is -1.99. The predicted molar refractivity (Wildman–Crippen MR) is 71.9 cm³/mol. The van der Waals surface area contributed by atoms with Crippen molar-refractivity contribution >= 4 is 23.4 Å². The van der Waals surface area contributed by atoms with Gasteiger partial charge in [0.05, 0.1) is 0 Å². The fourth-order valence-corrected chi connectivity index (χ4v) is 2.60. The van der Waals surface area contributed by atoms with Crippen LogP contribution in [0.3, 0.4) is 0 Å². The number of thioether (sulfide) groups is 1. The summed E-state index contributed by atoms with van der Waals surface area (Å²) in [7, 11) is 0. The average molecular weight is 243 g/mol. The van der Waals surface area contributed by atoms with E-state index < -0.39 is 0 Å². The van der Waals surface area contributed by atoms with Crippen molar-refractivity contribution in [2.24, 2.45) is 5.92 Å². The lowest BCUT2D eigenvalue weighted by molar-refractivity contribution is 0.759. The van der Waals surface area contributed by atoms with Gasteiger partial charge in [0.2, 0.25) is 0 Å². The Kier molecular flexibility index (Phi) is 6.19. The molecule has 2 heteroatoms. The zero-order valence-electron chi connectivity index (χ0n) is 9.50. The van der Waals surface area contributed by atoms with E-state index in [9.17, 15) is 0 Å².